The summed E-state index contributed by atoms with van der Waals surface area (Å²) < 4.78 is 40.7. The standard InChI is InChI=1S/C14H10F3N5.3C2H6/c15-14(16,17)11-10(9-5-2-1-3-6-9)12(18)22(21-11)13-19-7-4-8-20-13;3*1-2/h1-8H,18H2;3*1-2H3. The summed E-state index contributed by atoms with van der Waals surface area (Å²) in [4.78, 5) is 7.76. The summed E-state index contributed by atoms with van der Waals surface area (Å²) >= 11 is 0. The van der Waals surface area contributed by atoms with Crippen molar-refractivity contribution in [2.75, 3.05) is 5.73 Å². The summed E-state index contributed by atoms with van der Waals surface area (Å²) in [6, 6.07) is 9.60. The summed E-state index contributed by atoms with van der Waals surface area (Å²) in [6.45, 7) is 12.0. The van der Waals surface area contributed by atoms with Gasteiger partial charge >= 0.3 is 6.18 Å². The lowest BCUT2D eigenvalue weighted by Gasteiger charge is -2.06. The van der Waals surface area contributed by atoms with Crippen molar-refractivity contribution in [3.63, 3.8) is 0 Å². The molecule has 5 nitrogen and oxygen atoms in total. The van der Waals surface area contributed by atoms with Crippen molar-refractivity contribution in [1.82, 2.24) is 19.7 Å². The highest BCUT2D eigenvalue weighted by atomic mass is 19.4. The Bertz CT molecular complexity index is 785. The van der Waals surface area contributed by atoms with Crippen LogP contribution in [0, 0.1) is 0 Å². The van der Waals surface area contributed by atoms with Gasteiger partial charge in [0.25, 0.3) is 5.95 Å². The van der Waals surface area contributed by atoms with Gasteiger partial charge in [0.1, 0.15) is 5.82 Å². The van der Waals surface area contributed by atoms with Crippen molar-refractivity contribution in [2.45, 2.75) is 47.7 Å². The maximum atomic E-state index is 13.3. The van der Waals surface area contributed by atoms with Gasteiger partial charge in [-0.3, -0.25) is 0 Å². The zero-order chi connectivity index (χ0) is 21.7. The molecule has 0 saturated heterocycles. The molecule has 3 rings (SSSR count). The first kappa shape index (κ1) is 25.1. The minimum atomic E-state index is -4.64. The maximum absolute atomic E-state index is 13.3. The first-order valence-electron chi connectivity index (χ1n) is 9.27. The quantitative estimate of drug-likeness (QED) is 0.577. The van der Waals surface area contributed by atoms with Crippen LogP contribution in [-0.2, 0) is 6.18 Å². The zero-order valence-corrected chi connectivity index (χ0v) is 17.1. The fourth-order valence-corrected chi connectivity index (χ4v) is 2.07. The molecule has 0 atom stereocenters. The van der Waals surface area contributed by atoms with Crippen LogP contribution in [0.1, 0.15) is 47.2 Å². The van der Waals surface area contributed by atoms with Crippen LogP contribution in [0.3, 0.4) is 0 Å². The Balaban J connectivity index is 0.00000111. The van der Waals surface area contributed by atoms with Gasteiger partial charge in [0.05, 0.1) is 5.56 Å². The molecule has 0 bridgehead atoms. The van der Waals surface area contributed by atoms with Crippen LogP contribution in [0.15, 0.2) is 48.8 Å². The van der Waals surface area contributed by atoms with Crippen LogP contribution in [0.4, 0.5) is 19.0 Å². The van der Waals surface area contributed by atoms with Crippen molar-refractivity contribution in [2.24, 2.45) is 0 Å². The lowest BCUT2D eigenvalue weighted by Crippen LogP contribution is -2.09. The minimum Gasteiger partial charge on any atom is -0.383 e. The number of nitrogens with zero attached hydrogens (tertiary/aromatic N) is 4. The summed E-state index contributed by atoms with van der Waals surface area (Å²) in [5, 5.41) is 3.57. The molecule has 0 aliphatic rings. The third kappa shape index (κ3) is 6.07. The van der Waals surface area contributed by atoms with Crippen molar-refractivity contribution >= 4 is 5.82 Å². The molecule has 0 unspecified atom stereocenters. The van der Waals surface area contributed by atoms with E-state index in [1.165, 1.54) is 12.4 Å². The first-order valence-corrected chi connectivity index (χ1v) is 9.27. The lowest BCUT2D eigenvalue weighted by atomic mass is 10.1. The van der Waals surface area contributed by atoms with Crippen LogP contribution < -0.4 is 5.73 Å². The van der Waals surface area contributed by atoms with Crippen molar-refractivity contribution in [3.05, 3.63) is 54.5 Å². The van der Waals surface area contributed by atoms with Gasteiger partial charge in [-0.05, 0) is 11.6 Å². The second-order valence-electron chi connectivity index (χ2n) is 4.43. The molecule has 28 heavy (non-hydrogen) atoms. The highest BCUT2D eigenvalue weighted by molar-refractivity contribution is 5.77. The molecule has 2 N–H and O–H groups in total. The largest absolute Gasteiger partial charge is 0.435 e. The fourth-order valence-electron chi connectivity index (χ4n) is 2.07. The van der Waals surface area contributed by atoms with E-state index in [4.69, 9.17) is 5.73 Å². The summed E-state index contributed by atoms with van der Waals surface area (Å²) in [5.41, 5.74) is 4.97. The Morgan fingerprint density at radius 2 is 1.32 bits per heavy atom. The minimum absolute atomic E-state index is 0.0207. The third-order valence-corrected chi connectivity index (χ3v) is 2.99. The van der Waals surface area contributed by atoms with E-state index >= 15 is 0 Å². The number of aromatic nitrogens is 4. The van der Waals surface area contributed by atoms with Gasteiger partial charge in [-0.15, -0.1) is 0 Å². The molecular formula is C20H28F3N5. The predicted molar refractivity (Wildman–Crippen MR) is 108 cm³/mol. The smallest absolute Gasteiger partial charge is 0.383 e. The van der Waals surface area contributed by atoms with Gasteiger partial charge in [-0.1, -0.05) is 71.9 Å². The van der Waals surface area contributed by atoms with Crippen LogP contribution in [0.25, 0.3) is 17.1 Å². The molecule has 0 aliphatic carbocycles. The number of hydrogen-bond acceptors (Lipinski definition) is 4. The monoisotopic (exact) mass is 395 g/mol. The second kappa shape index (κ2) is 12.5. The topological polar surface area (TPSA) is 69.6 Å². The molecular weight excluding hydrogens is 367 g/mol. The third-order valence-electron chi connectivity index (χ3n) is 2.99. The van der Waals surface area contributed by atoms with Crippen LogP contribution >= 0.6 is 0 Å². The molecule has 0 saturated carbocycles. The number of rotatable bonds is 2. The Morgan fingerprint density at radius 1 is 0.821 bits per heavy atom. The number of halogens is 3. The predicted octanol–water partition coefficient (Wildman–Crippen LogP) is 6.01. The Labute approximate surface area is 164 Å². The summed E-state index contributed by atoms with van der Waals surface area (Å²) in [7, 11) is 0. The lowest BCUT2D eigenvalue weighted by molar-refractivity contribution is -0.140. The van der Waals surface area contributed by atoms with E-state index < -0.39 is 11.9 Å². The summed E-state index contributed by atoms with van der Waals surface area (Å²) in [5.74, 6) is -0.183. The molecule has 2 aromatic heterocycles. The number of hydrogen-bond donors (Lipinski definition) is 1. The van der Waals surface area contributed by atoms with E-state index in [1.54, 1.807) is 36.4 Å². The van der Waals surface area contributed by atoms with Gasteiger partial charge in [0, 0.05) is 12.4 Å². The molecule has 3 aromatic rings. The molecule has 0 radical (unpaired) electrons. The molecule has 2 heterocycles. The molecule has 0 spiro atoms. The van der Waals surface area contributed by atoms with Crippen molar-refractivity contribution in [1.29, 1.82) is 0 Å². The van der Waals surface area contributed by atoms with E-state index in [0.29, 0.717) is 5.56 Å². The second-order valence-corrected chi connectivity index (χ2v) is 4.43. The highest BCUT2D eigenvalue weighted by Crippen LogP contribution is 2.40. The average Bonchev–Trinajstić information content (AvgIpc) is 3.11. The molecule has 1 aromatic carbocycles. The Hall–Kier alpha value is -2.90. The normalized spacial score (nSPS) is 9.75. The Kier molecular flexibility index (Phi) is 11.2. The van der Waals surface area contributed by atoms with E-state index in [-0.39, 0.29) is 17.3 Å². The number of alkyl halides is 3. The average molecular weight is 395 g/mol. The molecule has 154 valence electrons. The van der Waals surface area contributed by atoms with E-state index in [0.717, 1.165) is 4.68 Å². The zero-order valence-electron chi connectivity index (χ0n) is 17.1. The van der Waals surface area contributed by atoms with E-state index in [9.17, 15) is 13.2 Å². The number of anilines is 1. The number of benzene rings is 1. The molecule has 0 amide bonds. The first-order chi connectivity index (χ1) is 13.5. The Morgan fingerprint density at radius 3 is 1.79 bits per heavy atom. The van der Waals surface area contributed by atoms with Crippen LogP contribution in [0.5, 0.6) is 0 Å². The van der Waals surface area contributed by atoms with Crippen molar-refractivity contribution < 1.29 is 13.2 Å². The number of nitrogens with two attached hydrogens (primary N) is 1. The summed E-state index contributed by atoms with van der Waals surface area (Å²) in [6.07, 6.45) is -1.84. The molecule has 0 fully saturated rings. The molecule has 8 heteroatoms. The fraction of sp³-hybridized carbons (Fsp3) is 0.350. The number of nitrogen functional groups attached to an aromatic ring is 1. The SMILES string of the molecule is CC.CC.CC.Nc1c(-c2ccccc2)c(C(F)(F)F)nn1-c1ncccn1. The van der Waals surface area contributed by atoms with Gasteiger partial charge in [-0.25, -0.2) is 9.97 Å². The van der Waals surface area contributed by atoms with E-state index in [2.05, 4.69) is 15.1 Å². The van der Waals surface area contributed by atoms with Crippen molar-refractivity contribution in [3.8, 4) is 17.1 Å². The van der Waals surface area contributed by atoms with Crippen LogP contribution in [-0.4, -0.2) is 19.7 Å². The van der Waals surface area contributed by atoms with Gasteiger partial charge in [0.2, 0.25) is 0 Å². The maximum Gasteiger partial charge on any atom is 0.435 e. The highest BCUT2D eigenvalue weighted by Gasteiger charge is 2.39. The van der Waals surface area contributed by atoms with Crippen LogP contribution in [0.2, 0.25) is 0 Å². The van der Waals surface area contributed by atoms with Gasteiger partial charge < -0.3 is 5.73 Å². The van der Waals surface area contributed by atoms with Gasteiger partial charge in [0.15, 0.2) is 5.69 Å². The van der Waals surface area contributed by atoms with E-state index in [1.807, 2.05) is 41.5 Å². The molecule has 0 aliphatic heterocycles. The van der Waals surface area contributed by atoms with Gasteiger partial charge in [-0.2, -0.15) is 23.0 Å².